The Bertz CT molecular complexity index is 1320. The maximum absolute atomic E-state index is 10.3. The van der Waals surface area contributed by atoms with Crippen LogP contribution in [0.2, 0.25) is 10.2 Å². The van der Waals surface area contributed by atoms with Crippen LogP contribution in [0.25, 0.3) is 11.0 Å². The smallest absolute Gasteiger partial charge is 0.197 e. The number of pyridine rings is 1. The van der Waals surface area contributed by atoms with Crippen LogP contribution in [0.4, 0.5) is 22.2 Å². The first-order valence-corrected chi connectivity index (χ1v) is 9.74. The zero-order valence-corrected chi connectivity index (χ0v) is 17.4. The molecule has 0 saturated heterocycles. The van der Waals surface area contributed by atoms with Gasteiger partial charge in [-0.25, -0.2) is 9.97 Å². The second-order valence-electron chi connectivity index (χ2n) is 5.80. The molecular formula is C17H10Cl2N8O2S. The van der Waals surface area contributed by atoms with Gasteiger partial charge in [-0.3, -0.25) is 4.98 Å². The van der Waals surface area contributed by atoms with Gasteiger partial charge < -0.3 is 10.2 Å². The van der Waals surface area contributed by atoms with Crippen LogP contribution in [0.1, 0.15) is 5.56 Å². The standard InChI is InChI=1S/C17H10Cl2N8O2S/c1-7-13(28)9(23-25-16-11(18)15(19)21-6-22-16)5-10(14(7)29)24-26-17-12-8(27-30-17)3-2-4-20-12/h2-6,28-29H,1H3. The molecule has 0 spiro atoms. The minimum atomic E-state index is -0.281. The number of hydrogen-bond donors (Lipinski definition) is 2. The molecule has 0 aliphatic heterocycles. The lowest BCUT2D eigenvalue weighted by molar-refractivity contribution is 0.445. The van der Waals surface area contributed by atoms with Crippen molar-refractivity contribution in [2.75, 3.05) is 0 Å². The van der Waals surface area contributed by atoms with E-state index in [1.807, 2.05) is 6.07 Å². The maximum atomic E-state index is 10.3. The number of rotatable bonds is 4. The van der Waals surface area contributed by atoms with Gasteiger partial charge in [0.25, 0.3) is 0 Å². The third kappa shape index (κ3) is 3.77. The van der Waals surface area contributed by atoms with Gasteiger partial charge >= 0.3 is 0 Å². The maximum Gasteiger partial charge on any atom is 0.197 e. The molecule has 0 unspecified atom stereocenters. The summed E-state index contributed by atoms with van der Waals surface area (Å²) in [4.78, 5) is 11.8. The molecular weight excluding hydrogens is 451 g/mol. The Kier molecular flexibility index (Phi) is 5.48. The number of phenols is 2. The van der Waals surface area contributed by atoms with Crippen LogP contribution in [0.5, 0.6) is 11.5 Å². The summed E-state index contributed by atoms with van der Waals surface area (Å²) in [5.74, 6) is -0.511. The molecule has 0 bridgehead atoms. The van der Waals surface area contributed by atoms with Crippen molar-refractivity contribution in [2.24, 2.45) is 20.5 Å². The van der Waals surface area contributed by atoms with Gasteiger partial charge in [-0.05, 0) is 30.6 Å². The van der Waals surface area contributed by atoms with Crippen molar-refractivity contribution >= 4 is 68.0 Å². The van der Waals surface area contributed by atoms with E-state index >= 15 is 0 Å². The van der Waals surface area contributed by atoms with E-state index in [2.05, 4.69) is 39.8 Å². The molecule has 3 aromatic heterocycles. The molecule has 0 radical (unpaired) electrons. The Morgan fingerprint density at radius 1 is 0.967 bits per heavy atom. The van der Waals surface area contributed by atoms with Crippen molar-refractivity contribution in [1.29, 1.82) is 0 Å². The van der Waals surface area contributed by atoms with Crippen molar-refractivity contribution in [3.8, 4) is 11.5 Å². The molecule has 30 heavy (non-hydrogen) atoms. The zero-order chi connectivity index (χ0) is 21.3. The second kappa shape index (κ2) is 8.22. The summed E-state index contributed by atoms with van der Waals surface area (Å²) < 4.78 is 4.24. The lowest BCUT2D eigenvalue weighted by atomic mass is 10.1. The Balaban J connectivity index is 1.72. The summed E-state index contributed by atoms with van der Waals surface area (Å²) in [6, 6.07) is 4.90. The largest absolute Gasteiger partial charge is 0.505 e. The number of halogens is 2. The first-order valence-electron chi connectivity index (χ1n) is 8.21. The molecule has 4 aromatic rings. The fourth-order valence-corrected chi connectivity index (χ4v) is 3.28. The molecule has 150 valence electrons. The van der Waals surface area contributed by atoms with Gasteiger partial charge in [-0.1, -0.05) is 23.2 Å². The molecule has 13 heteroatoms. The predicted octanol–water partition coefficient (Wildman–Crippen LogP) is 6.34. The third-order valence-electron chi connectivity index (χ3n) is 3.92. The highest BCUT2D eigenvalue weighted by Crippen LogP contribution is 2.44. The summed E-state index contributed by atoms with van der Waals surface area (Å²) in [5.41, 5.74) is 1.54. The molecule has 0 atom stereocenters. The number of azo groups is 2. The van der Waals surface area contributed by atoms with E-state index in [-0.39, 0.29) is 44.4 Å². The summed E-state index contributed by atoms with van der Waals surface area (Å²) in [5, 5.41) is 37.2. The number of nitrogens with zero attached hydrogens (tertiary/aromatic N) is 8. The van der Waals surface area contributed by atoms with Crippen LogP contribution in [-0.4, -0.2) is 29.5 Å². The first kappa shape index (κ1) is 20.0. The molecule has 2 N–H and O–H groups in total. The van der Waals surface area contributed by atoms with Crippen LogP contribution in [0.15, 0.2) is 51.2 Å². The molecule has 0 aliphatic rings. The zero-order valence-electron chi connectivity index (χ0n) is 15.0. The van der Waals surface area contributed by atoms with E-state index in [4.69, 9.17) is 23.2 Å². The molecule has 10 nitrogen and oxygen atoms in total. The normalized spacial score (nSPS) is 11.8. The van der Waals surface area contributed by atoms with Gasteiger partial charge in [0.15, 0.2) is 16.0 Å². The van der Waals surface area contributed by atoms with Gasteiger partial charge in [0.2, 0.25) is 0 Å². The molecule has 4 rings (SSSR count). The number of phenolic OH excluding ortho intramolecular Hbond substituents is 2. The highest BCUT2D eigenvalue weighted by atomic mass is 35.5. The fourth-order valence-electron chi connectivity index (χ4n) is 2.36. The van der Waals surface area contributed by atoms with E-state index in [0.29, 0.717) is 16.0 Å². The van der Waals surface area contributed by atoms with Gasteiger partial charge in [0.05, 0.1) is 0 Å². The number of hydrogen-bond acceptors (Lipinski definition) is 11. The van der Waals surface area contributed by atoms with E-state index in [1.165, 1.54) is 19.3 Å². The second-order valence-corrected chi connectivity index (χ2v) is 7.29. The highest BCUT2D eigenvalue weighted by molar-refractivity contribution is 7.11. The monoisotopic (exact) mass is 460 g/mol. The molecule has 0 aliphatic carbocycles. The Morgan fingerprint density at radius 3 is 2.47 bits per heavy atom. The third-order valence-corrected chi connectivity index (χ3v) is 5.39. The van der Waals surface area contributed by atoms with Crippen molar-refractivity contribution < 1.29 is 10.2 Å². The lowest BCUT2D eigenvalue weighted by Crippen LogP contribution is -1.82. The van der Waals surface area contributed by atoms with E-state index in [0.717, 1.165) is 11.5 Å². The molecule has 0 fully saturated rings. The average Bonchev–Trinajstić information content (AvgIpc) is 3.17. The summed E-state index contributed by atoms with van der Waals surface area (Å²) in [6.45, 7) is 1.50. The molecule has 1 aromatic carbocycles. The summed E-state index contributed by atoms with van der Waals surface area (Å²) in [7, 11) is 0. The van der Waals surface area contributed by atoms with Crippen molar-refractivity contribution in [3.63, 3.8) is 0 Å². The average molecular weight is 461 g/mol. The van der Waals surface area contributed by atoms with Gasteiger partial charge in [0.1, 0.15) is 45.3 Å². The fraction of sp³-hybridized carbons (Fsp3) is 0.0588. The minimum Gasteiger partial charge on any atom is -0.505 e. The minimum absolute atomic E-state index is 0.0161. The van der Waals surface area contributed by atoms with E-state index in [9.17, 15) is 10.2 Å². The van der Waals surface area contributed by atoms with Crippen LogP contribution in [0.3, 0.4) is 0 Å². The Labute approximate surface area is 182 Å². The predicted molar refractivity (Wildman–Crippen MR) is 112 cm³/mol. The van der Waals surface area contributed by atoms with Crippen LogP contribution < -0.4 is 0 Å². The number of aromatic nitrogens is 4. The van der Waals surface area contributed by atoms with Crippen LogP contribution >= 0.6 is 34.7 Å². The van der Waals surface area contributed by atoms with Crippen LogP contribution in [0, 0.1) is 6.92 Å². The van der Waals surface area contributed by atoms with E-state index in [1.54, 1.807) is 12.3 Å². The Morgan fingerprint density at radius 2 is 1.70 bits per heavy atom. The number of benzene rings is 1. The number of aromatic hydroxyl groups is 2. The van der Waals surface area contributed by atoms with Crippen LogP contribution in [-0.2, 0) is 0 Å². The highest BCUT2D eigenvalue weighted by Gasteiger charge is 2.15. The Hall–Kier alpha value is -3.28. The van der Waals surface area contributed by atoms with Gasteiger partial charge in [0, 0.05) is 17.8 Å². The summed E-state index contributed by atoms with van der Waals surface area (Å²) in [6.07, 6.45) is 2.80. The SMILES string of the molecule is Cc1c(O)c(N=Nc2ncnc(Cl)c2Cl)cc(N=Nc2snc3cccnc23)c1O. The first-order chi connectivity index (χ1) is 14.5. The van der Waals surface area contributed by atoms with Gasteiger partial charge in [-0.2, -0.15) is 4.37 Å². The topological polar surface area (TPSA) is 141 Å². The molecule has 0 saturated carbocycles. The quantitative estimate of drug-likeness (QED) is 0.268. The van der Waals surface area contributed by atoms with Crippen molar-refractivity contribution in [2.45, 2.75) is 6.92 Å². The van der Waals surface area contributed by atoms with Crippen molar-refractivity contribution in [1.82, 2.24) is 19.3 Å². The lowest BCUT2D eigenvalue weighted by Gasteiger charge is -2.07. The molecule has 0 amide bonds. The number of fused-ring (bicyclic) bond motifs is 1. The summed E-state index contributed by atoms with van der Waals surface area (Å²) >= 11 is 12.9. The van der Waals surface area contributed by atoms with E-state index < -0.39 is 0 Å². The van der Waals surface area contributed by atoms with Crippen molar-refractivity contribution in [3.05, 3.63) is 46.5 Å². The molecule has 3 heterocycles. The van der Waals surface area contributed by atoms with Gasteiger partial charge in [-0.15, -0.1) is 20.5 Å².